The van der Waals surface area contributed by atoms with Crippen LogP contribution in [-0.2, 0) is 4.79 Å². The van der Waals surface area contributed by atoms with Gasteiger partial charge in [-0.1, -0.05) is 6.07 Å². The number of ether oxygens (including phenoxy) is 3. The Morgan fingerprint density at radius 2 is 1.72 bits per heavy atom. The van der Waals surface area contributed by atoms with E-state index in [2.05, 4.69) is 10.6 Å². The molecule has 7 heteroatoms. The van der Waals surface area contributed by atoms with Crippen LogP contribution >= 0.6 is 0 Å². The maximum Gasteiger partial charge on any atom is 0.251 e. The quantitative estimate of drug-likeness (QED) is 0.709. The second kappa shape index (κ2) is 8.73. The normalized spacial score (nSPS) is 21.7. The minimum absolute atomic E-state index is 0.0476. The lowest BCUT2D eigenvalue weighted by molar-refractivity contribution is -0.117. The van der Waals surface area contributed by atoms with Crippen molar-refractivity contribution in [3.8, 4) is 17.2 Å². The Labute approximate surface area is 187 Å². The second-order valence-electron chi connectivity index (χ2n) is 8.87. The predicted molar refractivity (Wildman–Crippen MR) is 119 cm³/mol. The first kappa shape index (κ1) is 20.7. The number of carbonyl (C=O) groups excluding carboxylic acids is 2. The first-order valence-electron chi connectivity index (χ1n) is 11.3. The van der Waals surface area contributed by atoms with Gasteiger partial charge in [0.1, 0.15) is 5.75 Å². The third kappa shape index (κ3) is 4.66. The van der Waals surface area contributed by atoms with Crippen LogP contribution in [-0.4, -0.2) is 30.8 Å². The van der Waals surface area contributed by atoms with E-state index in [1.54, 1.807) is 6.07 Å². The highest BCUT2D eigenvalue weighted by atomic mass is 16.7. The highest BCUT2D eigenvalue weighted by Gasteiger charge is 2.30. The summed E-state index contributed by atoms with van der Waals surface area (Å²) in [5.41, 5.74) is 2.24. The number of hydrogen-bond acceptors (Lipinski definition) is 5. The van der Waals surface area contributed by atoms with E-state index in [0.717, 1.165) is 61.3 Å². The average molecular weight is 437 g/mol. The van der Waals surface area contributed by atoms with Crippen LogP contribution in [0.3, 0.4) is 0 Å². The Hall–Kier alpha value is -3.22. The summed E-state index contributed by atoms with van der Waals surface area (Å²) >= 11 is 0. The van der Waals surface area contributed by atoms with Crippen LogP contribution in [0.25, 0.3) is 0 Å². The molecule has 0 spiro atoms. The number of amides is 2. The highest BCUT2D eigenvalue weighted by Crippen LogP contribution is 2.36. The zero-order valence-electron chi connectivity index (χ0n) is 18.2. The van der Waals surface area contributed by atoms with Gasteiger partial charge in [0.25, 0.3) is 5.91 Å². The molecular formula is C25H28N2O5. The number of carbonyl (C=O) groups is 2. The molecule has 2 aromatic rings. The summed E-state index contributed by atoms with van der Waals surface area (Å²) in [5, 5.41) is 6.11. The largest absolute Gasteiger partial charge is 0.490 e. The standard InChI is InChI=1S/C25H28N2O5/c1-15-2-3-17(12-21(15)27-24(28)16-4-5-16)25(29)26-18-6-8-19(9-7-18)32-20-10-11-22-23(13-20)31-14-30-22/h2-3,10-13,16,18-19H,4-9,14H2,1H3,(H,26,29)(H,27,28). The average Bonchev–Trinajstić information content (AvgIpc) is 3.54. The van der Waals surface area contributed by atoms with Crippen LogP contribution in [0.5, 0.6) is 17.2 Å². The Kier molecular flexibility index (Phi) is 5.64. The summed E-state index contributed by atoms with van der Waals surface area (Å²) in [4.78, 5) is 24.9. The molecule has 0 atom stereocenters. The molecule has 2 N–H and O–H groups in total. The van der Waals surface area contributed by atoms with Crippen LogP contribution in [0.15, 0.2) is 36.4 Å². The zero-order chi connectivity index (χ0) is 22.1. The van der Waals surface area contributed by atoms with E-state index in [0.29, 0.717) is 11.3 Å². The van der Waals surface area contributed by atoms with Gasteiger partial charge in [-0.05, 0) is 75.3 Å². The molecule has 7 nitrogen and oxygen atoms in total. The number of rotatable bonds is 6. The predicted octanol–water partition coefficient (Wildman–Crippen LogP) is 4.19. The molecule has 0 unspecified atom stereocenters. The highest BCUT2D eigenvalue weighted by molar-refractivity contribution is 5.99. The van der Waals surface area contributed by atoms with E-state index in [4.69, 9.17) is 14.2 Å². The molecular weight excluding hydrogens is 408 g/mol. The third-order valence-electron chi connectivity index (χ3n) is 6.36. The van der Waals surface area contributed by atoms with Crippen molar-refractivity contribution in [1.82, 2.24) is 5.32 Å². The molecule has 1 heterocycles. The van der Waals surface area contributed by atoms with E-state index in [9.17, 15) is 9.59 Å². The molecule has 168 valence electrons. The van der Waals surface area contributed by atoms with Gasteiger partial charge < -0.3 is 24.8 Å². The third-order valence-corrected chi connectivity index (χ3v) is 6.36. The number of benzene rings is 2. The van der Waals surface area contributed by atoms with Crippen LogP contribution in [0.1, 0.15) is 54.4 Å². The number of hydrogen-bond donors (Lipinski definition) is 2. The topological polar surface area (TPSA) is 85.9 Å². The summed E-state index contributed by atoms with van der Waals surface area (Å²) in [6, 6.07) is 11.2. The Balaban J connectivity index is 1.13. The van der Waals surface area contributed by atoms with E-state index in [1.165, 1.54) is 0 Å². The fraction of sp³-hybridized carbons (Fsp3) is 0.440. The summed E-state index contributed by atoms with van der Waals surface area (Å²) in [5.74, 6) is 2.31. The van der Waals surface area contributed by atoms with Crippen molar-refractivity contribution in [3.63, 3.8) is 0 Å². The lowest BCUT2D eigenvalue weighted by Gasteiger charge is -2.29. The van der Waals surface area contributed by atoms with Gasteiger partial charge in [0.15, 0.2) is 11.5 Å². The number of aryl methyl sites for hydroxylation is 1. The van der Waals surface area contributed by atoms with Crippen molar-refractivity contribution in [2.45, 2.75) is 57.6 Å². The van der Waals surface area contributed by atoms with E-state index >= 15 is 0 Å². The molecule has 0 aromatic heterocycles. The number of nitrogens with one attached hydrogen (secondary N) is 2. The maximum absolute atomic E-state index is 12.8. The lowest BCUT2D eigenvalue weighted by atomic mass is 9.92. The molecule has 2 amide bonds. The van der Waals surface area contributed by atoms with Gasteiger partial charge in [-0.3, -0.25) is 9.59 Å². The van der Waals surface area contributed by atoms with Crippen molar-refractivity contribution < 1.29 is 23.8 Å². The molecule has 2 aliphatic carbocycles. The minimum atomic E-state index is -0.105. The van der Waals surface area contributed by atoms with Crippen molar-refractivity contribution >= 4 is 17.5 Å². The van der Waals surface area contributed by atoms with Gasteiger partial charge in [0, 0.05) is 29.3 Å². The van der Waals surface area contributed by atoms with Gasteiger partial charge in [-0.15, -0.1) is 0 Å². The zero-order valence-corrected chi connectivity index (χ0v) is 18.2. The fourth-order valence-electron chi connectivity index (χ4n) is 4.21. The van der Waals surface area contributed by atoms with Gasteiger partial charge in [-0.25, -0.2) is 0 Å². The molecule has 2 saturated carbocycles. The van der Waals surface area contributed by atoms with Crippen LogP contribution in [0.4, 0.5) is 5.69 Å². The molecule has 1 aliphatic heterocycles. The molecule has 0 radical (unpaired) electrons. The lowest BCUT2D eigenvalue weighted by Crippen LogP contribution is -2.39. The Morgan fingerprint density at radius 1 is 0.938 bits per heavy atom. The second-order valence-corrected chi connectivity index (χ2v) is 8.87. The molecule has 0 bridgehead atoms. The van der Waals surface area contributed by atoms with Crippen LogP contribution in [0, 0.1) is 12.8 Å². The van der Waals surface area contributed by atoms with E-state index in [-0.39, 0.29) is 36.7 Å². The SMILES string of the molecule is Cc1ccc(C(=O)NC2CCC(Oc3ccc4c(c3)OCO4)CC2)cc1NC(=O)C1CC1. The van der Waals surface area contributed by atoms with Crippen LogP contribution in [0.2, 0.25) is 0 Å². The van der Waals surface area contributed by atoms with Gasteiger partial charge in [-0.2, -0.15) is 0 Å². The van der Waals surface area contributed by atoms with Crippen molar-refractivity contribution in [2.24, 2.45) is 5.92 Å². The summed E-state index contributed by atoms with van der Waals surface area (Å²) in [7, 11) is 0. The van der Waals surface area contributed by atoms with Crippen molar-refractivity contribution in [2.75, 3.05) is 12.1 Å². The molecule has 3 aliphatic rings. The first-order valence-corrected chi connectivity index (χ1v) is 11.3. The summed E-state index contributed by atoms with van der Waals surface area (Å²) in [6.07, 6.45) is 5.48. The number of fused-ring (bicyclic) bond motifs is 1. The van der Waals surface area contributed by atoms with Crippen molar-refractivity contribution in [3.05, 3.63) is 47.5 Å². The Bertz CT molecular complexity index is 1020. The van der Waals surface area contributed by atoms with E-state index < -0.39 is 0 Å². The molecule has 32 heavy (non-hydrogen) atoms. The van der Waals surface area contributed by atoms with Gasteiger partial charge >= 0.3 is 0 Å². The smallest absolute Gasteiger partial charge is 0.251 e. The summed E-state index contributed by atoms with van der Waals surface area (Å²) < 4.78 is 16.9. The molecule has 5 rings (SSSR count). The Morgan fingerprint density at radius 3 is 2.50 bits per heavy atom. The molecule has 0 saturated heterocycles. The van der Waals surface area contributed by atoms with Gasteiger partial charge in [0.05, 0.1) is 6.10 Å². The maximum atomic E-state index is 12.8. The minimum Gasteiger partial charge on any atom is -0.490 e. The fourth-order valence-corrected chi connectivity index (χ4v) is 4.21. The summed E-state index contributed by atoms with van der Waals surface area (Å²) in [6.45, 7) is 2.19. The monoisotopic (exact) mass is 436 g/mol. The molecule has 2 aromatic carbocycles. The van der Waals surface area contributed by atoms with Gasteiger partial charge in [0.2, 0.25) is 12.7 Å². The van der Waals surface area contributed by atoms with E-state index in [1.807, 2.05) is 37.3 Å². The van der Waals surface area contributed by atoms with Crippen molar-refractivity contribution in [1.29, 1.82) is 0 Å². The first-order chi connectivity index (χ1) is 15.5. The van der Waals surface area contributed by atoms with Crippen LogP contribution < -0.4 is 24.8 Å². The molecule has 2 fully saturated rings. The number of anilines is 1.